The summed E-state index contributed by atoms with van der Waals surface area (Å²) in [6, 6.07) is 15.7. The van der Waals surface area contributed by atoms with Crippen molar-refractivity contribution < 1.29 is 9.53 Å². The summed E-state index contributed by atoms with van der Waals surface area (Å²) in [7, 11) is 0. The predicted molar refractivity (Wildman–Crippen MR) is 90.4 cm³/mol. The summed E-state index contributed by atoms with van der Waals surface area (Å²) in [5, 5.41) is 2.96. The molecule has 0 radical (unpaired) electrons. The van der Waals surface area contributed by atoms with Crippen LogP contribution in [0.3, 0.4) is 0 Å². The van der Waals surface area contributed by atoms with Crippen LogP contribution < -0.4 is 10.1 Å². The van der Waals surface area contributed by atoms with Crippen LogP contribution in [-0.2, 0) is 17.6 Å². The van der Waals surface area contributed by atoms with Crippen LogP contribution in [0.4, 0.5) is 5.69 Å². The van der Waals surface area contributed by atoms with Gasteiger partial charge in [0.25, 0.3) is 5.91 Å². The molecule has 0 aliphatic carbocycles. The van der Waals surface area contributed by atoms with Gasteiger partial charge in [-0.3, -0.25) is 4.79 Å². The highest BCUT2D eigenvalue weighted by atomic mass is 16.5. The molecule has 0 fully saturated rings. The largest absolute Gasteiger partial charge is 0.481 e. The molecule has 3 nitrogen and oxygen atoms in total. The molecule has 0 saturated carbocycles. The van der Waals surface area contributed by atoms with Gasteiger partial charge < -0.3 is 10.1 Å². The van der Waals surface area contributed by atoms with Gasteiger partial charge in [-0.05, 0) is 43.0 Å². The number of hydrogen-bond acceptors (Lipinski definition) is 2. The Kier molecular flexibility index (Phi) is 5.59. The summed E-state index contributed by atoms with van der Waals surface area (Å²) in [5.74, 6) is 0.642. The highest BCUT2D eigenvalue weighted by molar-refractivity contribution is 5.94. The highest BCUT2D eigenvalue weighted by Gasteiger charge is 2.17. The van der Waals surface area contributed by atoms with E-state index in [2.05, 4.69) is 19.2 Å². The summed E-state index contributed by atoms with van der Waals surface area (Å²) in [6.45, 7) is 5.92. The average molecular weight is 297 g/mol. The number of carbonyl (C=O) groups excluding carboxylic acids is 1. The second-order valence-electron chi connectivity index (χ2n) is 5.22. The maximum absolute atomic E-state index is 12.3. The van der Waals surface area contributed by atoms with Gasteiger partial charge in [-0.2, -0.15) is 0 Å². The van der Waals surface area contributed by atoms with E-state index in [9.17, 15) is 4.79 Å². The smallest absolute Gasteiger partial charge is 0.265 e. The van der Waals surface area contributed by atoms with E-state index in [4.69, 9.17) is 4.74 Å². The lowest BCUT2D eigenvalue weighted by atomic mass is 10.1. The van der Waals surface area contributed by atoms with Gasteiger partial charge in [-0.1, -0.05) is 50.2 Å². The normalized spacial score (nSPS) is 11.8. The summed E-state index contributed by atoms with van der Waals surface area (Å²) in [6.07, 6.45) is 1.21. The number of nitrogens with one attached hydrogen (secondary N) is 1. The van der Waals surface area contributed by atoms with Gasteiger partial charge in [0.1, 0.15) is 5.75 Å². The van der Waals surface area contributed by atoms with Crippen LogP contribution in [-0.4, -0.2) is 12.0 Å². The molecule has 116 valence electrons. The molecule has 1 unspecified atom stereocenters. The molecule has 0 aliphatic rings. The van der Waals surface area contributed by atoms with Gasteiger partial charge >= 0.3 is 0 Å². The minimum atomic E-state index is -0.544. The lowest BCUT2D eigenvalue weighted by Gasteiger charge is -2.18. The Morgan fingerprint density at radius 2 is 1.59 bits per heavy atom. The molecule has 0 heterocycles. The van der Waals surface area contributed by atoms with Crippen LogP contribution in [0, 0.1) is 0 Å². The van der Waals surface area contributed by atoms with Crippen LogP contribution in [0.25, 0.3) is 0 Å². The maximum atomic E-state index is 12.3. The van der Waals surface area contributed by atoms with Crippen LogP contribution in [0.1, 0.15) is 31.9 Å². The topological polar surface area (TPSA) is 38.3 Å². The van der Waals surface area contributed by atoms with Gasteiger partial charge in [0.05, 0.1) is 0 Å². The lowest BCUT2D eigenvalue weighted by Crippen LogP contribution is -2.30. The Hall–Kier alpha value is -2.29. The SMILES string of the molecule is CCc1ccccc1NC(=O)C(C)Oc1ccccc1CC. The Bertz CT molecular complexity index is 637. The predicted octanol–water partition coefficient (Wildman–Crippen LogP) is 4.22. The van der Waals surface area contributed by atoms with E-state index in [1.54, 1.807) is 6.92 Å². The van der Waals surface area contributed by atoms with Crippen molar-refractivity contribution in [3.05, 3.63) is 59.7 Å². The van der Waals surface area contributed by atoms with E-state index in [-0.39, 0.29) is 5.91 Å². The maximum Gasteiger partial charge on any atom is 0.265 e. The highest BCUT2D eigenvalue weighted by Crippen LogP contribution is 2.21. The van der Waals surface area contributed by atoms with Crippen molar-refractivity contribution >= 4 is 11.6 Å². The fourth-order valence-electron chi connectivity index (χ4n) is 2.34. The summed E-state index contributed by atoms with van der Waals surface area (Å²) in [4.78, 5) is 12.3. The molecule has 1 N–H and O–H groups in total. The van der Waals surface area contributed by atoms with Crippen LogP contribution in [0.15, 0.2) is 48.5 Å². The number of ether oxygens (including phenoxy) is 1. The zero-order chi connectivity index (χ0) is 15.9. The van der Waals surface area contributed by atoms with Crippen LogP contribution in [0.5, 0.6) is 5.75 Å². The first-order chi connectivity index (χ1) is 10.7. The Morgan fingerprint density at radius 1 is 1.00 bits per heavy atom. The molecule has 2 rings (SSSR count). The zero-order valence-electron chi connectivity index (χ0n) is 13.4. The number of aryl methyl sites for hydroxylation is 2. The van der Waals surface area contributed by atoms with Crippen LogP contribution >= 0.6 is 0 Å². The molecular weight excluding hydrogens is 274 g/mol. The van der Waals surface area contributed by atoms with Crippen molar-refractivity contribution in [2.45, 2.75) is 39.7 Å². The zero-order valence-corrected chi connectivity index (χ0v) is 13.4. The molecule has 0 spiro atoms. The monoisotopic (exact) mass is 297 g/mol. The van der Waals surface area contributed by atoms with E-state index in [1.807, 2.05) is 48.5 Å². The first-order valence-corrected chi connectivity index (χ1v) is 7.79. The molecule has 3 heteroatoms. The standard InChI is InChI=1S/C19H23NO2/c1-4-15-10-6-8-12-17(15)20-19(21)14(3)22-18-13-9-7-11-16(18)5-2/h6-14H,4-5H2,1-3H3,(H,20,21). The van der Waals surface area contributed by atoms with Crippen molar-refractivity contribution in [1.29, 1.82) is 0 Å². The minimum Gasteiger partial charge on any atom is -0.481 e. The summed E-state index contributed by atoms with van der Waals surface area (Å²) in [5.41, 5.74) is 3.09. The van der Waals surface area contributed by atoms with Crippen molar-refractivity contribution in [2.24, 2.45) is 0 Å². The van der Waals surface area contributed by atoms with E-state index in [0.717, 1.165) is 35.4 Å². The molecule has 1 amide bonds. The van der Waals surface area contributed by atoms with Gasteiger partial charge in [0.15, 0.2) is 6.10 Å². The first kappa shape index (κ1) is 16.1. The Morgan fingerprint density at radius 3 is 2.27 bits per heavy atom. The van der Waals surface area contributed by atoms with Crippen molar-refractivity contribution in [3.8, 4) is 5.75 Å². The summed E-state index contributed by atoms with van der Waals surface area (Å²) < 4.78 is 5.83. The number of amides is 1. The Labute approximate surface area is 132 Å². The number of benzene rings is 2. The van der Waals surface area contributed by atoms with E-state index >= 15 is 0 Å². The molecule has 2 aromatic carbocycles. The van der Waals surface area contributed by atoms with E-state index < -0.39 is 6.10 Å². The molecule has 0 aromatic heterocycles. The number of anilines is 1. The molecule has 1 atom stereocenters. The quantitative estimate of drug-likeness (QED) is 0.867. The van der Waals surface area contributed by atoms with E-state index in [1.165, 1.54) is 0 Å². The third-order valence-electron chi connectivity index (χ3n) is 3.68. The minimum absolute atomic E-state index is 0.133. The molecule has 22 heavy (non-hydrogen) atoms. The average Bonchev–Trinajstić information content (AvgIpc) is 2.55. The fourth-order valence-corrected chi connectivity index (χ4v) is 2.34. The van der Waals surface area contributed by atoms with Gasteiger partial charge in [-0.15, -0.1) is 0 Å². The fraction of sp³-hybridized carbons (Fsp3) is 0.316. The molecular formula is C19H23NO2. The van der Waals surface area contributed by atoms with Crippen molar-refractivity contribution in [2.75, 3.05) is 5.32 Å². The van der Waals surface area contributed by atoms with Gasteiger partial charge in [-0.25, -0.2) is 0 Å². The van der Waals surface area contributed by atoms with Crippen molar-refractivity contribution in [3.63, 3.8) is 0 Å². The lowest BCUT2D eigenvalue weighted by molar-refractivity contribution is -0.122. The molecule has 0 bridgehead atoms. The third-order valence-corrected chi connectivity index (χ3v) is 3.68. The number of para-hydroxylation sites is 2. The van der Waals surface area contributed by atoms with Crippen molar-refractivity contribution in [1.82, 2.24) is 0 Å². The molecule has 0 saturated heterocycles. The number of rotatable bonds is 6. The second-order valence-corrected chi connectivity index (χ2v) is 5.22. The van der Waals surface area contributed by atoms with Gasteiger partial charge in [0.2, 0.25) is 0 Å². The first-order valence-electron chi connectivity index (χ1n) is 7.79. The molecule has 0 aliphatic heterocycles. The molecule has 2 aromatic rings. The van der Waals surface area contributed by atoms with E-state index in [0.29, 0.717) is 0 Å². The summed E-state index contributed by atoms with van der Waals surface area (Å²) >= 11 is 0. The number of carbonyl (C=O) groups is 1. The second kappa shape index (κ2) is 7.64. The number of hydrogen-bond donors (Lipinski definition) is 1. The van der Waals surface area contributed by atoms with Gasteiger partial charge in [0, 0.05) is 5.69 Å². The van der Waals surface area contributed by atoms with Crippen LogP contribution in [0.2, 0.25) is 0 Å². The Balaban J connectivity index is 2.06. The third kappa shape index (κ3) is 3.88.